The van der Waals surface area contributed by atoms with Crippen LogP contribution >= 0.6 is 0 Å². The molecule has 0 saturated carbocycles. The minimum Gasteiger partial charge on any atom is -0.315 e. The van der Waals surface area contributed by atoms with Crippen LogP contribution in [0.3, 0.4) is 0 Å². The van der Waals surface area contributed by atoms with Gasteiger partial charge >= 0.3 is 0 Å². The highest BCUT2D eigenvalue weighted by Crippen LogP contribution is 2.06. The van der Waals surface area contributed by atoms with E-state index >= 15 is 0 Å². The van der Waals surface area contributed by atoms with Gasteiger partial charge < -0.3 is 5.32 Å². The second-order valence-corrected chi connectivity index (χ2v) is 4.53. The molecular weight excluding hydrogens is 152 g/mol. The highest BCUT2D eigenvalue weighted by Gasteiger charge is 2.26. The van der Waals surface area contributed by atoms with Gasteiger partial charge in [-0.05, 0) is 20.0 Å². The molecule has 60 valence electrons. The first-order chi connectivity index (χ1) is 4.67. The van der Waals surface area contributed by atoms with Crippen molar-refractivity contribution in [3.05, 3.63) is 0 Å². The quantitative estimate of drug-likeness (QED) is 0.544. The zero-order valence-corrected chi connectivity index (χ0v) is 6.74. The summed E-state index contributed by atoms with van der Waals surface area (Å²) in [5.41, 5.74) is 0. The summed E-state index contributed by atoms with van der Waals surface area (Å²) in [5.74, 6) is 0. The molecule has 10 heavy (non-hydrogen) atoms. The van der Waals surface area contributed by atoms with E-state index in [0.717, 1.165) is 13.0 Å². The maximum atomic E-state index is 11.1. The molecule has 1 aliphatic rings. The van der Waals surface area contributed by atoms with Gasteiger partial charge in [-0.1, -0.05) is 0 Å². The Bertz CT molecular complexity index is 194. The Balaban J connectivity index is 2.63. The third-order valence-electron chi connectivity index (χ3n) is 1.74. The molecule has 5 heteroatoms. The van der Waals surface area contributed by atoms with Gasteiger partial charge in [-0.2, -0.15) is 0 Å². The first-order valence-electron chi connectivity index (χ1n) is 3.30. The molecule has 0 radical (unpaired) electrons. The molecule has 1 fully saturated rings. The van der Waals surface area contributed by atoms with Crippen LogP contribution in [-0.2, 0) is 10.0 Å². The highest BCUT2D eigenvalue weighted by molar-refractivity contribution is 7.90. The third kappa shape index (κ3) is 1.47. The van der Waals surface area contributed by atoms with E-state index in [1.165, 1.54) is 7.05 Å². The summed E-state index contributed by atoms with van der Waals surface area (Å²) in [6.07, 6.45) is 0.725. The van der Waals surface area contributed by atoms with Gasteiger partial charge in [-0.25, -0.2) is 13.1 Å². The molecule has 1 heterocycles. The van der Waals surface area contributed by atoms with Crippen molar-refractivity contribution in [1.82, 2.24) is 10.0 Å². The predicted octanol–water partition coefficient (Wildman–Crippen LogP) is -1.10. The summed E-state index contributed by atoms with van der Waals surface area (Å²) in [4.78, 5) is 0. The minimum absolute atomic E-state index is 0.225. The second kappa shape index (κ2) is 2.86. The van der Waals surface area contributed by atoms with E-state index < -0.39 is 10.0 Å². The van der Waals surface area contributed by atoms with Crippen molar-refractivity contribution < 1.29 is 8.42 Å². The topological polar surface area (TPSA) is 58.2 Å². The summed E-state index contributed by atoms with van der Waals surface area (Å²) in [5, 5.41) is 2.77. The molecule has 0 aromatic carbocycles. The van der Waals surface area contributed by atoms with Gasteiger partial charge in [0.25, 0.3) is 0 Å². The molecule has 1 saturated heterocycles. The average Bonchev–Trinajstić information content (AvgIpc) is 2.38. The maximum absolute atomic E-state index is 11.1. The normalized spacial score (nSPS) is 27.1. The van der Waals surface area contributed by atoms with Gasteiger partial charge in [0.2, 0.25) is 10.0 Å². The van der Waals surface area contributed by atoms with Crippen molar-refractivity contribution in [2.75, 3.05) is 20.1 Å². The molecule has 0 spiro atoms. The fourth-order valence-corrected chi connectivity index (χ4v) is 2.16. The number of hydrogen-bond acceptors (Lipinski definition) is 3. The van der Waals surface area contributed by atoms with Crippen molar-refractivity contribution >= 4 is 10.0 Å². The molecule has 1 aliphatic heterocycles. The zero-order chi connectivity index (χ0) is 7.61. The lowest BCUT2D eigenvalue weighted by Gasteiger charge is -2.07. The Morgan fingerprint density at radius 3 is 2.70 bits per heavy atom. The van der Waals surface area contributed by atoms with Gasteiger partial charge in [0, 0.05) is 6.54 Å². The summed E-state index contributed by atoms with van der Waals surface area (Å²) in [6.45, 7) is 1.40. The van der Waals surface area contributed by atoms with Crippen LogP contribution in [0.1, 0.15) is 6.42 Å². The van der Waals surface area contributed by atoms with Crippen LogP contribution in [0, 0.1) is 0 Å². The monoisotopic (exact) mass is 164 g/mol. The molecule has 0 unspecified atom stereocenters. The number of nitrogens with one attached hydrogen (secondary N) is 2. The molecular formula is C5H12N2O2S. The lowest BCUT2D eigenvalue weighted by atomic mass is 10.4. The highest BCUT2D eigenvalue weighted by atomic mass is 32.2. The molecule has 0 aliphatic carbocycles. The van der Waals surface area contributed by atoms with E-state index in [4.69, 9.17) is 0 Å². The van der Waals surface area contributed by atoms with E-state index in [-0.39, 0.29) is 5.25 Å². The maximum Gasteiger partial charge on any atom is 0.215 e. The summed E-state index contributed by atoms with van der Waals surface area (Å²) in [7, 11) is -1.56. The van der Waals surface area contributed by atoms with Gasteiger partial charge in [-0.3, -0.25) is 0 Å². The van der Waals surface area contributed by atoms with Crippen molar-refractivity contribution in [3.8, 4) is 0 Å². The zero-order valence-electron chi connectivity index (χ0n) is 5.92. The Morgan fingerprint density at radius 1 is 1.60 bits per heavy atom. The number of hydrogen-bond donors (Lipinski definition) is 2. The Labute approximate surface area is 61.1 Å². The Hall–Kier alpha value is -0.130. The van der Waals surface area contributed by atoms with E-state index in [1.54, 1.807) is 0 Å². The number of rotatable bonds is 2. The van der Waals surface area contributed by atoms with Crippen LogP contribution < -0.4 is 10.0 Å². The summed E-state index contributed by atoms with van der Waals surface area (Å²) >= 11 is 0. The Morgan fingerprint density at radius 2 is 2.30 bits per heavy atom. The van der Waals surface area contributed by atoms with E-state index in [1.807, 2.05) is 0 Å². The summed E-state index contributed by atoms with van der Waals surface area (Å²) in [6, 6.07) is 0. The van der Waals surface area contributed by atoms with Crippen LogP contribution in [0.5, 0.6) is 0 Å². The van der Waals surface area contributed by atoms with Crippen LogP contribution in [-0.4, -0.2) is 33.8 Å². The van der Waals surface area contributed by atoms with Gasteiger partial charge in [0.05, 0.1) is 5.25 Å². The molecule has 0 amide bonds. The van der Waals surface area contributed by atoms with E-state index in [0.29, 0.717) is 6.54 Å². The van der Waals surface area contributed by atoms with Crippen molar-refractivity contribution in [1.29, 1.82) is 0 Å². The molecule has 1 atom stereocenters. The second-order valence-electron chi connectivity index (χ2n) is 2.36. The van der Waals surface area contributed by atoms with E-state index in [9.17, 15) is 8.42 Å². The molecule has 1 rings (SSSR count). The largest absolute Gasteiger partial charge is 0.315 e. The van der Waals surface area contributed by atoms with Crippen LogP contribution in [0.4, 0.5) is 0 Å². The minimum atomic E-state index is -3.01. The standard InChI is InChI=1S/C5H12N2O2S/c1-6-10(8,9)5-2-3-7-4-5/h5-7H,2-4H2,1H3/t5-/m1/s1. The number of sulfonamides is 1. The molecule has 0 bridgehead atoms. The lowest BCUT2D eigenvalue weighted by Crippen LogP contribution is -2.33. The fraction of sp³-hybridized carbons (Fsp3) is 1.00. The van der Waals surface area contributed by atoms with Crippen LogP contribution in [0.25, 0.3) is 0 Å². The van der Waals surface area contributed by atoms with Gasteiger partial charge in [0.15, 0.2) is 0 Å². The van der Waals surface area contributed by atoms with Gasteiger partial charge in [0.1, 0.15) is 0 Å². The average molecular weight is 164 g/mol. The van der Waals surface area contributed by atoms with Crippen molar-refractivity contribution in [2.24, 2.45) is 0 Å². The van der Waals surface area contributed by atoms with Crippen LogP contribution in [0.15, 0.2) is 0 Å². The molecule has 2 N–H and O–H groups in total. The van der Waals surface area contributed by atoms with E-state index in [2.05, 4.69) is 10.0 Å². The first kappa shape index (κ1) is 7.97. The fourth-order valence-electron chi connectivity index (χ4n) is 1.06. The molecule has 4 nitrogen and oxygen atoms in total. The van der Waals surface area contributed by atoms with Crippen molar-refractivity contribution in [2.45, 2.75) is 11.7 Å². The predicted molar refractivity (Wildman–Crippen MR) is 39.3 cm³/mol. The molecule has 0 aromatic heterocycles. The van der Waals surface area contributed by atoms with Crippen LogP contribution in [0.2, 0.25) is 0 Å². The van der Waals surface area contributed by atoms with Crippen molar-refractivity contribution in [3.63, 3.8) is 0 Å². The third-order valence-corrected chi connectivity index (χ3v) is 3.59. The smallest absolute Gasteiger partial charge is 0.215 e. The molecule has 0 aromatic rings. The summed E-state index contributed by atoms with van der Waals surface area (Å²) < 4.78 is 24.4. The first-order valence-corrected chi connectivity index (χ1v) is 4.84. The lowest BCUT2D eigenvalue weighted by molar-refractivity contribution is 0.574. The Kier molecular flexibility index (Phi) is 2.28. The van der Waals surface area contributed by atoms with Gasteiger partial charge in [-0.15, -0.1) is 0 Å². The SMILES string of the molecule is CNS(=O)(=O)[C@@H]1CCNC1.